The van der Waals surface area contributed by atoms with Crippen LogP contribution in [0.15, 0.2) is 34.4 Å². The van der Waals surface area contributed by atoms with Gasteiger partial charge in [0.15, 0.2) is 5.84 Å². The lowest BCUT2D eigenvalue weighted by atomic mass is 10.2. The van der Waals surface area contributed by atoms with Gasteiger partial charge in [0.25, 0.3) is 0 Å². The highest BCUT2D eigenvalue weighted by Crippen LogP contribution is 2.13. The summed E-state index contributed by atoms with van der Waals surface area (Å²) < 4.78 is 0. The zero-order valence-corrected chi connectivity index (χ0v) is 10.6. The number of nitrogens with two attached hydrogens (primary N) is 1. The summed E-state index contributed by atoms with van der Waals surface area (Å²) >= 11 is 1.57. The minimum Gasteiger partial charge on any atom is -0.409 e. The Morgan fingerprint density at radius 3 is 2.89 bits per heavy atom. The third-order valence-electron chi connectivity index (χ3n) is 2.43. The standard InChI is InChI=1S/C11H13N5OS/c1-16(5-9-6-18-7-14-9)10-3-2-8(4-13-10)11(12)15-17/h2-4,6-7,17H,5H2,1H3,(H2,12,15). The molecule has 0 unspecified atom stereocenters. The van der Waals surface area contributed by atoms with Gasteiger partial charge in [0, 0.05) is 24.2 Å². The molecule has 0 radical (unpaired) electrons. The molecule has 2 rings (SSSR count). The Labute approximate surface area is 108 Å². The van der Waals surface area contributed by atoms with Gasteiger partial charge in [0.2, 0.25) is 0 Å². The normalized spacial score (nSPS) is 11.5. The van der Waals surface area contributed by atoms with E-state index in [1.165, 1.54) is 0 Å². The van der Waals surface area contributed by atoms with Crippen LogP contribution in [0, 0.1) is 0 Å². The van der Waals surface area contributed by atoms with E-state index in [1.54, 1.807) is 29.1 Å². The van der Waals surface area contributed by atoms with Gasteiger partial charge < -0.3 is 15.8 Å². The van der Waals surface area contributed by atoms with Crippen molar-refractivity contribution in [2.75, 3.05) is 11.9 Å². The predicted octanol–water partition coefficient (Wildman–Crippen LogP) is 1.27. The number of thiazole rings is 1. The Hall–Kier alpha value is -2.15. The van der Waals surface area contributed by atoms with Gasteiger partial charge in [0.1, 0.15) is 5.82 Å². The Balaban J connectivity index is 2.09. The minimum absolute atomic E-state index is 0.0520. The second-order valence-electron chi connectivity index (χ2n) is 3.73. The topological polar surface area (TPSA) is 87.6 Å². The van der Waals surface area contributed by atoms with Crippen molar-refractivity contribution in [3.63, 3.8) is 0 Å². The molecular weight excluding hydrogens is 250 g/mol. The molecule has 0 aliphatic heterocycles. The lowest BCUT2D eigenvalue weighted by molar-refractivity contribution is 0.318. The maximum atomic E-state index is 8.56. The molecule has 3 N–H and O–H groups in total. The Morgan fingerprint density at radius 2 is 2.33 bits per heavy atom. The van der Waals surface area contributed by atoms with Gasteiger partial charge in [-0.2, -0.15) is 0 Å². The quantitative estimate of drug-likeness (QED) is 0.375. The molecule has 2 aromatic rings. The Kier molecular flexibility index (Phi) is 3.73. The smallest absolute Gasteiger partial charge is 0.171 e. The summed E-state index contributed by atoms with van der Waals surface area (Å²) in [5.41, 5.74) is 8.86. The molecular formula is C11H13N5OS. The molecule has 0 spiro atoms. The molecule has 18 heavy (non-hydrogen) atoms. The lowest BCUT2D eigenvalue weighted by Gasteiger charge is -2.16. The van der Waals surface area contributed by atoms with Gasteiger partial charge in [-0.1, -0.05) is 5.16 Å². The highest BCUT2D eigenvalue weighted by molar-refractivity contribution is 7.07. The van der Waals surface area contributed by atoms with Crippen LogP contribution in [0.5, 0.6) is 0 Å². The zero-order valence-electron chi connectivity index (χ0n) is 9.82. The first kappa shape index (κ1) is 12.3. The van der Waals surface area contributed by atoms with E-state index in [0.29, 0.717) is 12.1 Å². The van der Waals surface area contributed by atoms with E-state index >= 15 is 0 Å². The van der Waals surface area contributed by atoms with Gasteiger partial charge in [-0.15, -0.1) is 11.3 Å². The number of amidine groups is 1. The van der Waals surface area contributed by atoms with Crippen molar-refractivity contribution in [3.05, 3.63) is 40.5 Å². The third-order valence-corrected chi connectivity index (χ3v) is 3.06. The van der Waals surface area contributed by atoms with Crippen LogP contribution in [-0.2, 0) is 6.54 Å². The number of oxime groups is 1. The molecule has 0 saturated carbocycles. The summed E-state index contributed by atoms with van der Waals surface area (Å²) in [5.74, 6) is 0.855. The first-order valence-corrected chi connectivity index (χ1v) is 6.17. The van der Waals surface area contributed by atoms with E-state index in [4.69, 9.17) is 10.9 Å². The molecule has 0 amide bonds. The molecule has 7 heteroatoms. The number of aromatic nitrogens is 2. The maximum Gasteiger partial charge on any atom is 0.171 e. The predicted molar refractivity (Wildman–Crippen MR) is 71.0 cm³/mol. The molecule has 0 saturated heterocycles. The summed E-state index contributed by atoms with van der Waals surface area (Å²) in [7, 11) is 1.94. The van der Waals surface area contributed by atoms with Crippen molar-refractivity contribution >= 4 is 23.0 Å². The van der Waals surface area contributed by atoms with Gasteiger partial charge in [-0.05, 0) is 12.1 Å². The van der Waals surface area contributed by atoms with E-state index in [0.717, 1.165) is 11.5 Å². The summed E-state index contributed by atoms with van der Waals surface area (Å²) in [5, 5.41) is 13.5. The minimum atomic E-state index is 0.0520. The number of pyridine rings is 1. The van der Waals surface area contributed by atoms with Crippen molar-refractivity contribution in [2.24, 2.45) is 10.9 Å². The lowest BCUT2D eigenvalue weighted by Crippen LogP contribution is -2.19. The third kappa shape index (κ3) is 2.75. The van der Waals surface area contributed by atoms with Crippen LogP contribution in [0.2, 0.25) is 0 Å². The van der Waals surface area contributed by atoms with E-state index in [1.807, 2.05) is 23.4 Å². The van der Waals surface area contributed by atoms with Crippen molar-refractivity contribution < 1.29 is 5.21 Å². The van der Waals surface area contributed by atoms with Crippen molar-refractivity contribution in [1.29, 1.82) is 0 Å². The molecule has 0 aliphatic carbocycles. The molecule has 2 aromatic heterocycles. The Morgan fingerprint density at radius 1 is 1.50 bits per heavy atom. The fraction of sp³-hybridized carbons (Fsp3) is 0.182. The molecule has 94 valence electrons. The molecule has 0 bridgehead atoms. The number of rotatable bonds is 4. The number of hydrogen-bond acceptors (Lipinski definition) is 6. The van der Waals surface area contributed by atoms with Crippen LogP contribution in [0.1, 0.15) is 11.3 Å². The van der Waals surface area contributed by atoms with Crippen molar-refractivity contribution in [1.82, 2.24) is 9.97 Å². The van der Waals surface area contributed by atoms with E-state index in [9.17, 15) is 0 Å². The average Bonchev–Trinajstić information content (AvgIpc) is 2.91. The van der Waals surface area contributed by atoms with Crippen LogP contribution in [0.4, 0.5) is 5.82 Å². The molecule has 2 heterocycles. The molecule has 0 aromatic carbocycles. The van der Waals surface area contributed by atoms with E-state index in [-0.39, 0.29) is 5.84 Å². The van der Waals surface area contributed by atoms with Gasteiger partial charge in [0.05, 0.1) is 17.7 Å². The summed E-state index contributed by atoms with van der Waals surface area (Å²) in [4.78, 5) is 10.5. The van der Waals surface area contributed by atoms with Crippen LogP contribution >= 0.6 is 11.3 Å². The Bertz CT molecular complexity index is 523. The monoisotopic (exact) mass is 263 g/mol. The van der Waals surface area contributed by atoms with E-state index in [2.05, 4.69) is 15.1 Å². The van der Waals surface area contributed by atoms with Crippen LogP contribution < -0.4 is 10.6 Å². The van der Waals surface area contributed by atoms with Gasteiger partial charge >= 0.3 is 0 Å². The van der Waals surface area contributed by atoms with Gasteiger partial charge in [-0.25, -0.2) is 9.97 Å². The van der Waals surface area contributed by atoms with Crippen LogP contribution in [-0.4, -0.2) is 28.1 Å². The summed E-state index contributed by atoms with van der Waals surface area (Å²) in [6, 6.07) is 3.58. The second-order valence-corrected chi connectivity index (χ2v) is 4.44. The van der Waals surface area contributed by atoms with Crippen LogP contribution in [0.3, 0.4) is 0 Å². The SMILES string of the molecule is CN(Cc1cscn1)c1ccc(/C(N)=N/O)cn1. The van der Waals surface area contributed by atoms with E-state index < -0.39 is 0 Å². The summed E-state index contributed by atoms with van der Waals surface area (Å²) in [6.45, 7) is 0.694. The maximum absolute atomic E-state index is 8.56. The second kappa shape index (κ2) is 5.46. The number of nitrogens with zero attached hydrogens (tertiary/aromatic N) is 4. The van der Waals surface area contributed by atoms with Gasteiger partial charge in [-0.3, -0.25) is 0 Å². The number of hydrogen-bond donors (Lipinski definition) is 2. The van der Waals surface area contributed by atoms with Crippen molar-refractivity contribution in [2.45, 2.75) is 6.54 Å². The molecule has 0 atom stereocenters. The molecule has 6 nitrogen and oxygen atoms in total. The zero-order chi connectivity index (χ0) is 13.0. The largest absolute Gasteiger partial charge is 0.409 e. The summed E-state index contributed by atoms with van der Waals surface area (Å²) in [6.07, 6.45) is 1.57. The molecule has 0 aliphatic rings. The highest BCUT2D eigenvalue weighted by Gasteiger charge is 2.06. The fourth-order valence-corrected chi connectivity index (χ4v) is 2.01. The number of anilines is 1. The van der Waals surface area contributed by atoms with Crippen molar-refractivity contribution in [3.8, 4) is 0 Å². The molecule has 0 fully saturated rings. The first-order chi connectivity index (χ1) is 8.70. The first-order valence-electron chi connectivity index (χ1n) is 5.23. The van der Waals surface area contributed by atoms with Crippen LogP contribution in [0.25, 0.3) is 0 Å². The fourth-order valence-electron chi connectivity index (χ4n) is 1.46. The average molecular weight is 263 g/mol. The highest BCUT2D eigenvalue weighted by atomic mass is 32.1.